The van der Waals surface area contributed by atoms with Crippen LogP contribution in [0.3, 0.4) is 0 Å². The average molecular weight is 340 g/mol. The van der Waals surface area contributed by atoms with Gasteiger partial charge >= 0.3 is 0 Å². The number of sulfonamides is 1. The predicted molar refractivity (Wildman–Crippen MR) is 89.6 cm³/mol. The van der Waals surface area contributed by atoms with Crippen molar-refractivity contribution in [2.75, 3.05) is 46.9 Å². The zero-order chi connectivity index (χ0) is 17.0. The number of nitrogens with zero attached hydrogens (tertiary/aromatic N) is 2. The molecule has 1 heterocycles. The van der Waals surface area contributed by atoms with E-state index < -0.39 is 10.0 Å². The van der Waals surface area contributed by atoms with Crippen LogP contribution in [0, 0.1) is 0 Å². The standard InChI is InChI=1S/C16H24N2O4S/c1-13(2)12-17-7-9-18(10-8-17)23(19,20)14-5-6-15(21-3)16(11-14)22-4/h5-6,11H,1,7-10,12H2,2-4H3. The molecule has 1 aromatic carbocycles. The van der Waals surface area contributed by atoms with Crippen molar-refractivity contribution in [3.63, 3.8) is 0 Å². The minimum Gasteiger partial charge on any atom is -0.493 e. The summed E-state index contributed by atoms with van der Waals surface area (Å²) in [7, 11) is -0.511. The van der Waals surface area contributed by atoms with Gasteiger partial charge in [-0.3, -0.25) is 4.90 Å². The molecule has 128 valence electrons. The highest BCUT2D eigenvalue weighted by atomic mass is 32.2. The molecule has 0 aromatic heterocycles. The third-order valence-electron chi connectivity index (χ3n) is 3.82. The highest BCUT2D eigenvalue weighted by Gasteiger charge is 2.29. The first kappa shape index (κ1) is 17.8. The lowest BCUT2D eigenvalue weighted by molar-refractivity contribution is 0.201. The van der Waals surface area contributed by atoms with Gasteiger partial charge in [0.05, 0.1) is 19.1 Å². The highest BCUT2D eigenvalue weighted by Crippen LogP contribution is 2.30. The van der Waals surface area contributed by atoms with Gasteiger partial charge in [-0.05, 0) is 19.1 Å². The Hall–Kier alpha value is -1.57. The monoisotopic (exact) mass is 340 g/mol. The molecule has 0 bridgehead atoms. The summed E-state index contributed by atoms with van der Waals surface area (Å²) in [5.41, 5.74) is 1.08. The third kappa shape index (κ3) is 4.04. The SMILES string of the molecule is C=C(C)CN1CCN(S(=O)(=O)c2ccc(OC)c(OC)c2)CC1. The van der Waals surface area contributed by atoms with Gasteiger partial charge in [0.25, 0.3) is 0 Å². The topological polar surface area (TPSA) is 59.1 Å². The van der Waals surface area contributed by atoms with Gasteiger partial charge in [0, 0.05) is 38.8 Å². The molecular weight excluding hydrogens is 316 g/mol. The fraction of sp³-hybridized carbons (Fsp3) is 0.500. The van der Waals surface area contributed by atoms with E-state index in [9.17, 15) is 8.42 Å². The molecular formula is C16H24N2O4S. The van der Waals surface area contributed by atoms with Crippen LogP contribution in [0.15, 0.2) is 35.2 Å². The Morgan fingerprint density at radius 3 is 2.26 bits per heavy atom. The Balaban J connectivity index is 2.15. The summed E-state index contributed by atoms with van der Waals surface area (Å²) in [4.78, 5) is 2.44. The van der Waals surface area contributed by atoms with Crippen LogP contribution in [0.5, 0.6) is 11.5 Å². The van der Waals surface area contributed by atoms with Crippen LogP contribution < -0.4 is 9.47 Å². The van der Waals surface area contributed by atoms with Gasteiger partial charge in [0.15, 0.2) is 11.5 Å². The van der Waals surface area contributed by atoms with Crippen molar-refractivity contribution < 1.29 is 17.9 Å². The van der Waals surface area contributed by atoms with Gasteiger partial charge in [-0.25, -0.2) is 8.42 Å². The molecule has 6 nitrogen and oxygen atoms in total. The molecule has 1 fully saturated rings. The molecule has 0 N–H and O–H groups in total. The zero-order valence-corrected chi connectivity index (χ0v) is 14.7. The lowest BCUT2D eigenvalue weighted by Crippen LogP contribution is -2.48. The maximum Gasteiger partial charge on any atom is 0.243 e. The minimum atomic E-state index is -3.52. The van der Waals surface area contributed by atoms with Crippen LogP contribution >= 0.6 is 0 Å². The van der Waals surface area contributed by atoms with E-state index in [1.807, 2.05) is 6.92 Å². The molecule has 0 spiro atoms. The molecule has 1 aliphatic heterocycles. The molecule has 0 atom stereocenters. The first-order chi connectivity index (χ1) is 10.9. The molecule has 0 aliphatic carbocycles. The summed E-state index contributed by atoms with van der Waals surface area (Å²) in [6.45, 7) is 9.06. The lowest BCUT2D eigenvalue weighted by atomic mass is 10.3. The second-order valence-corrected chi connectivity index (χ2v) is 7.59. The van der Waals surface area contributed by atoms with Gasteiger partial charge in [-0.1, -0.05) is 12.2 Å². The second kappa shape index (κ2) is 7.33. The smallest absolute Gasteiger partial charge is 0.243 e. The summed E-state index contributed by atoms with van der Waals surface area (Å²) in [5, 5.41) is 0. The molecule has 23 heavy (non-hydrogen) atoms. The Kier molecular flexibility index (Phi) is 5.67. The Bertz CT molecular complexity index is 665. The van der Waals surface area contributed by atoms with Crippen molar-refractivity contribution in [2.45, 2.75) is 11.8 Å². The van der Waals surface area contributed by atoms with Crippen molar-refractivity contribution in [1.29, 1.82) is 0 Å². The van der Waals surface area contributed by atoms with Crippen molar-refractivity contribution in [1.82, 2.24) is 9.21 Å². The summed E-state index contributed by atoms with van der Waals surface area (Å²) in [6.07, 6.45) is 0. The van der Waals surface area contributed by atoms with E-state index in [2.05, 4.69) is 11.5 Å². The predicted octanol–water partition coefficient (Wildman–Crippen LogP) is 1.59. The van der Waals surface area contributed by atoms with Crippen molar-refractivity contribution >= 4 is 10.0 Å². The quantitative estimate of drug-likeness (QED) is 0.736. The van der Waals surface area contributed by atoms with Gasteiger partial charge < -0.3 is 9.47 Å². The lowest BCUT2D eigenvalue weighted by Gasteiger charge is -2.34. The maximum atomic E-state index is 12.8. The van der Waals surface area contributed by atoms with Gasteiger partial charge in [0.1, 0.15) is 0 Å². The van der Waals surface area contributed by atoms with Crippen LogP contribution in [0.1, 0.15) is 6.92 Å². The summed E-state index contributed by atoms with van der Waals surface area (Å²) in [5.74, 6) is 0.923. The summed E-state index contributed by atoms with van der Waals surface area (Å²) >= 11 is 0. The summed E-state index contributed by atoms with van der Waals surface area (Å²) in [6, 6.07) is 4.68. The van der Waals surface area contributed by atoms with Crippen molar-refractivity contribution in [3.05, 3.63) is 30.4 Å². The molecule has 7 heteroatoms. The summed E-state index contributed by atoms with van der Waals surface area (Å²) < 4.78 is 37.4. The minimum absolute atomic E-state index is 0.225. The molecule has 0 unspecified atom stereocenters. The molecule has 0 radical (unpaired) electrons. The Labute approximate surface area is 138 Å². The average Bonchev–Trinajstić information content (AvgIpc) is 2.54. The van der Waals surface area contributed by atoms with Crippen molar-refractivity contribution in [3.8, 4) is 11.5 Å². The molecule has 2 rings (SSSR count). The highest BCUT2D eigenvalue weighted by molar-refractivity contribution is 7.89. The van der Waals surface area contributed by atoms with Crippen LogP contribution in [0.2, 0.25) is 0 Å². The molecule has 0 saturated carbocycles. The van der Waals surface area contributed by atoms with Crippen LogP contribution in [0.25, 0.3) is 0 Å². The van der Waals surface area contributed by atoms with E-state index in [-0.39, 0.29) is 4.90 Å². The maximum absolute atomic E-state index is 12.8. The number of methoxy groups -OCH3 is 2. The second-order valence-electron chi connectivity index (χ2n) is 5.65. The number of hydrogen-bond acceptors (Lipinski definition) is 5. The number of hydrogen-bond donors (Lipinski definition) is 0. The normalized spacial score (nSPS) is 17.0. The number of ether oxygens (including phenoxy) is 2. The Morgan fingerprint density at radius 2 is 1.74 bits per heavy atom. The van der Waals surface area contributed by atoms with Crippen LogP contribution in [-0.2, 0) is 10.0 Å². The molecule has 1 saturated heterocycles. The molecule has 1 aromatic rings. The van der Waals surface area contributed by atoms with E-state index in [0.29, 0.717) is 37.7 Å². The van der Waals surface area contributed by atoms with E-state index in [1.54, 1.807) is 12.1 Å². The van der Waals surface area contributed by atoms with E-state index in [1.165, 1.54) is 24.6 Å². The number of rotatable bonds is 6. The van der Waals surface area contributed by atoms with E-state index in [0.717, 1.165) is 12.1 Å². The Morgan fingerprint density at radius 1 is 1.13 bits per heavy atom. The fourth-order valence-electron chi connectivity index (χ4n) is 2.64. The van der Waals surface area contributed by atoms with Gasteiger partial charge in [0.2, 0.25) is 10.0 Å². The first-order valence-corrected chi connectivity index (χ1v) is 8.91. The first-order valence-electron chi connectivity index (χ1n) is 7.47. The number of piperazine rings is 1. The van der Waals surface area contributed by atoms with Crippen LogP contribution in [0.4, 0.5) is 0 Å². The van der Waals surface area contributed by atoms with E-state index >= 15 is 0 Å². The molecule has 1 aliphatic rings. The zero-order valence-electron chi connectivity index (χ0n) is 13.9. The van der Waals surface area contributed by atoms with Crippen molar-refractivity contribution in [2.24, 2.45) is 0 Å². The third-order valence-corrected chi connectivity index (χ3v) is 5.71. The van der Waals surface area contributed by atoms with Gasteiger partial charge in [-0.2, -0.15) is 4.31 Å². The largest absolute Gasteiger partial charge is 0.493 e. The molecule has 0 amide bonds. The fourth-order valence-corrected chi connectivity index (χ4v) is 4.07. The van der Waals surface area contributed by atoms with E-state index in [4.69, 9.17) is 9.47 Å². The van der Waals surface area contributed by atoms with Crippen LogP contribution in [-0.4, -0.2) is 64.6 Å². The van der Waals surface area contributed by atoms with Gasteiger partial charge in [-0.15, -0.1) is 0 Å². The number of benzene rings is 1.